The van der Waals surface area contributed by atoms with Crippen LogP contribution in [-0.4, -0.2) is 92.7 Å². The van der Waals surface area contributed by atoms with Gasteiger partial charge in [-0.25, -0.2) is 32.7 Å². The lowest BCUT2D eigenvalue weighted by Crippen LogP contribution is -2.43. The van der Waals surface area contributed by atoms with Crippen molar-refractivity contribution in [2.45, 2.75) is 83.6 Å². The third-order valence-corrected chi connectivity index (χ3v) is 14.4. The van der Waals surface area contributed by atoms with Gasteiger partial charge in [-0.2, -0.15) is 5.10 Å². The molecule has 3 saturated heterocycles. The summed E-state index contributed by atoms with van der Waals surface area (Å²) >= 11 is 1.40. The summed E-state index contributed by atoms with van der Waals surface area (Å²) in [4.78, 5) is 60.9. The molecule has 3 N–H and O–H groups in total. The van der Waals surface area contributed by atoms with E-state index in [4.69, 9.17) is 9.97 Å². The number of halogens is 1. The fourth-order valence-corrected chi connectivity index (χ4v) is 10.4. The molecule has 7 heterocycles. The number of nitrogens with zero attached hydrogens (tertiary/aromatic N) is 8. The molecule has 0 unspecified atom stereocenters. The normalized spacial score (nSPS) is 18.9. The first-order chi connectivity index (χ1) is 29.7. The first-order valence-electron chi connectivity index (χ1n) is 20.9. The topological polar surface area (TPSA) is 197 Å². The maximum Gasteiger partial charge on any atom is 0.234 e. The maximum absolute atomic E-state index is 16.1. The third-order valence-electron chi connectivity index (χ3n) is 11.4. The molecule has 326 valence electrons. The van der Waals surface area contributed by atoms with Gasteiger partial charge in [0.15, 0.2) is 5.82 Å². The Morgan fingerprint density at radius 3 is 2.53 bits per heavy atom. The van der Waals surface area contributed by atoms with Crippen LogP contribution in [0, 0.1) is 11.7 Å². The van der Waals surface area contributed by atoms with E-state index in [1.165, 1.54) is 17.4 Å². The fraction of sp³-hybridized carbons (Fsp3) is 0.442. The number of anilines is 4. The Kier molecular flexibility index (Phi) is 12.1. The smallest absolute Gasteiger partial charge is 0.234 e. The molecule has 62 heavy (non-hydrogen) atoms. The molecule has 0 spiro atoms. The van der Waals surface area contributed by atoms with Crippen molar-refractivity contribution in [1.29, 1.82) is 0 Å². The molecular formula is C43H50FN11O5S2. The Hall–Kier alpha value is -5.82. The van der Waals surface area contributed by atoms with E-state index in [2.05, 4.69) is 35.3 Å². The Balaban J connectivity index is 0.892. The highest BCUT2D eigenvalue weighted by molar-refractivity contribution is 7.92. The Labute approximate surface area is 363 Å². The van der Waals surface area contributed by atoms with Crippen LogP contribution >= 0.6 is 11.3 Å². The summed E-state index contributed by atoms with van der Waals surface area (Å²) in [6.45, 7) is 10.3. The van der Waals surface area contributed by atoms with Crippen molar-refractivity contribution < 1.29 is 27.2 Å². The van der Waals surface area contributed by atoms with E-state index in [-0.39, 0.29) is 58.0 Å². The molecule has 2 atom stereocenters. The summed E-state index contributed by atoms with van der Waals surface area (Å²) in [5.74, 6) is -0.661. The van der Waals surface area contributed by atoms with Crippen molar-refractivity contribution in [2.24, 2.45) is 5.92 Å². The van der Waals surface area contributed by atoms with Gasteiger partial charge < -0.3 is 15.1 Å². The van der Waals surface area contributed by atoms with Gasteiger partial charge in [0.25, 0.3) is 0 Å². The van der Waals surface area contributed by atoms with E-state index in [0.29, 0.717) is 73.3 Å². The zero-order valence-electron chi connectivity index (χ0n) is 35.1. The first kappa shape index (κ1) is 42.9. The van der Waals surface area contributed by atoms with E-state index in [1.54, 1.807) is 43.7 Å². The van der Waals surface area contributed by atoms with Gasteiger partial charge in [0.05, 0.1) is 62.5 Å². The number of amides is 3. The molecule has 1 aromatic carbocycles. The van der Waals surface area contributed by atoms with Gasteiger partial charge in [0.2, 0.25) is 33.7 Å². The minimum atomic E-state index is -3.73. The van der Waals surface area contributed by atoms with Gasteiger partial charge in [0, 0.05) is 62.2 Å². The number of aromatic nitrogens is 6. The molecule has 8 rings (SSSR count). The number of likely N-dealkylation sites (tertiary alicyclic amines) is 1. The molecule has 3 fully saturated rings. The first-order valence-corrected chi connectivity index (χ1v) is 23.4. The van der Waals surface area contributed by atoms with E-state index >= 15 is 4.39 Å². The van der Waals surface area contributed by atoms with Crippen LogP contribution in [0.5, 0.6) is 0 Å². The van der Waals surface area contributed by atoms with Crippen molar-refractivity contribution in [3.8, 4) is 21.8 Å². The second-order valence-corrected chi connectivity index (χ2v) is 19.9. The molecule has 16 nitrogen and oxygen atoms in total. The number of benzene rings is 1. The Bertz CT molecular complexity index is 2580. The van der Waals surface area contributed by atoms with Crippen LogP contribution < -0.4 is 20.3 Å². The highest BCUT2D eigenvalue weighted by Crippen LogP contribution is 2.42. The number of imide groups is 1. The number of hydrogen-bond acceptors (Lipinski definition) is 13. The van der Waals surface area contributed by atoms with Gasteiger partial charge in [0.1, 0.15) is 5.82 Å². The van der Waals surface area contributed by atoms with Crippen LogP contribution in [0.1, 0.15) is 88.8 Å². The summed E-state index contributed by atoms with van der Waals surface area (Å²) < 4.78 is 45.4. The summed E-state index contributed by atoms with van der Waals surface area (Å²) in [6.07, 6.45) is 10.4. The molecule has 0 radical (unpaired) electrons. The molecule has 0 saturated carbocycles. The highest BCUT2D eigenvalue weighted by Gasteiger charge is 2.35. The van der Waals surface area contributed by atoms with E-state index < -0.39 is 15.8 Å². The second kappa shape index (κ2) is 17.5. The maximum atomic E-state index is 16.1. The second-order valence-electron chi connectivity index (χ2n) is 17.1. The van der Waals surface area contributed by atoms with Crippen molar-refractivity contribution >= 4 is 62.2 Å². The SMILES string of the molecule is CCCS(=O)(=O)Nc1cccc(-c2nc(C(C)(C)C)sc2-c2ccnc(Nc3cnn(C4CCN(C(=O)[C@@H]5CCN(c6ccc([C@@H]7CCC(=O)NC7=O)cn6)C5)CC4)c3)n2)c1F. The van der Waals surface area contributed by atoms with Crippen LogP contribution in [0.15, 0.2) is 61.2 Å². The third kappa shape index (κ3) is 9.33. The van der Waals surface area contributed by atoms with E-state index in [9.17, 15) is 22.8 Å². The van der Waals surface area contributed by atoms with Crippen molar-refractivity contribution in [1.82, 2.24) is 39.9 Å². The van der Waals surface area contributed by atoms with Crippen molar-refractivity contribution in [2.75, 3.05) is 46.9 Å². The van der Waals surface area contributed by atoms with E-state index in [1.807, 2.05) is 48.7 Å². The monoisotopic (exact) mass is 883 g/mol. The summed E-state index contributed by atoms with van der Waals surface area (Å²) in [6, 6.07) is 10.2. The quantitative estimate of drug-likeness (QED) is 0.117. The number of carbonyl (C=O) groups excluding carboxylic acids is 3. The lowest BCUT2D eigenvalue weighted by Gasteiger charge is -2.33. The zero-order valence-corrected chi connectivity index (χ0v) is 36.7. The van der Waals surface area contributed by atoms with Gasteiger partial charge >= 0.3 is 0 Å². The van der Waals surface area contributed by atoms with Crippen LogP contribution in [0.25, 0.3) is 21.8 Å². The fourth-order valence-electron chi connectivity index (χ4n) is 8.14. The molecule has 3 aliphatic rings. The molecular weight excluding hydrogens is 834 g/mol. The van der Waals surface area contributed by atoms with Gasteiger partial charge in [-0.1, -0.05) is 39.8 Å². The lowest BCUT2D eigenvalue weighted by atomic mass is 9.92. The van der Waals surface area contributed by atoms with Gasteiger partial charge in [-0.05, 0) is 61.9 Å². The predicted molar refractivity (Wildman–Crippen MR) is 235 cm³/mol. The number of sulfonamides is 1. The number of thiazole rings is 1. The van der Waals surface area contributed by atoms with Crippen LogP contribution in [-0.2, 0) is 29.8 Å². The number of carbonyl (C=O) groups is 3. The minimum Gasteiger partial charge on any atom is -0.356 e. The van der Waals surface area contributed by atoms with Crippen LogP contribution in [0.3, 0.4) is 0 Å². The molecule has 3 aliphatic heterocycles. The predicted octanol–water partition coefficient (Wildman–Crippen LogP) is 6.40. The molecule has 19 heteroatoms. The molecule has 0 aliphatic carbocycles. The number of hydrogen-bond donors (Lipinski definition) is 3. The number of piperidine rings is 2. The highest BCUT2D eigenvalue weighted by atomic mass is 32.2. The number of pyridine rings is 1. The Morgan fingerprint density at radius 1 is 1.00 bits per heavy atom. The number of rotatable bonds is 12. The zero-order chi connectivity index (χ0) is 43.8. The summed E-state index contributed by atoms with van der Waals surface area (Å²) in [7, 11) is -3.73. The standard InChI is InChI=1S/C43H50FN11O5S2/c1-5-21-62(59,60)52-32-8-6-7-31(36(32)44)37-38(61-41(51-37)43(2,3)4)33-13-17-45-42(49-33)48-28-23-47-55(25-28)29-15-19-53(20-16-29)40(58)27-14-18-54(24-27)34-11-9-26(22-46-34)30-10-12-35(56)50-39(30)57/h6-9,11,13,17,22-23,25,27,29-30,52H,5,10,12,14-16,18-21,24H2,1-4H3,(H,45,48,49)(H,50,56,57)/t27-,30+/m1/s1. The summed E-state index contributed by atoms with van der Waals surface area (Å²) in [5.41, 5.74) is 2.01. The van der Waals surface area contributed by atoms with Crippen molar-refractivity contribution in [3.05, 3.63) is 77.6 Å². The van der Waals surface area contributed by atoms with Crippen LogP contribution in [0.4, 0.5) is 27.5 Å². The Morgan fingerprint density at radius 2 is 1.81 bits per heavy atom. The van der Waals surface area contributed by atoms with Gasteiger partial charge in [-0.3, -0.25) is 29.1 Å². The minimum absolute atomic E-state index is 0.0988. The van der Waals surface area contributed by atoms with Crippen LogP contribution in [0.2, 0.25) is 0 Å². The molecule has 4 aromatic heterocycles. The summed E-state index contributed by atoms with van der Waals surface area (Å²) in [5, 5.41) is 11.1. The average molecular weight is 884 g/mol. The van der Waals surface area contributed by atoms with Crippen molar-refractivity contribution in [3.63, 3.8) is 0 Å². The number of nitrogens with one attached hydrogen (secondary N) is 3. The lowest BCUT2D eigenvalue weighted by molar-refractivity contribution is -0.136. The van der Waals surface area contributed by atoms with Gasteiger partial charge in [-0.15, -0.1) is 11.3 Å². The largest absolute Gasteiger partial charge is 0.356 e. The average Bonchev–Trinajstić information content (AvgIpc) is 4.03. The molecule has 5 aromatic rings. The van der Waals surface area contributed by atoms with E-state index in [0.717, 1.165) is 35.7 Å². The molecule has 0 bridgehead atoms. The molecule has 3 amide bonds.